The Bertz CT molecular complexity index is 934. The molecule has 2 aromatic carbocycles. The lowest BCUT2D eigenvalue weighted by Crippen LogP contribution is -2.20. The van der Waals surface area contributed by atoms with E-state index in [0.717, 1.165) is 5.56 Å². The van der Waals surface area contributed by atoms with Crippen molar-refractivity contribution in [2.45, 2.75) is 6.92 Å². The fraction of sp³-hybridized carbons (Fsp3) is 0.190. The van der Waals surface area contributed by atoms with Gasteiger partial charge in [0.15, 0.2) is 23.9 Å². The van der Waals surface area contributed by atoms with Crippen LogP contribution < -0.4 is 14.8 Å². The zero-order chi connectivity index (χ0) is 19.9. The van der Waals surface area contributed by atoms with Gasteiger partial charge in [-0.1, -0.05) is 18.2 Å². The van der Waals surface area contributed by atoms with Gasteiger partial charge in [0.25, 0.3) is 5.91 Å². The van der Waals surface area contributed by atoms with Crippen LogP contribution >= 0.6 is 0 Å². The van der Waals surface area contributed by atoms with E-state index in [1.807, 2.05) is 0 Å². The van der Waals surface area contributed by atoms with Crippen LogP contribution in [0, 0.1) is 0 Å². The molecule has 1 N–H and O–H groups in total. The number of nitrogens with one attached hydrogen (secondary N) is 1. The lowest BCUT2D eigenvalue weighted by molar-refractivity contribution is -0.142. The zero-order valence-electron chi connectivity index (χ0n) is 15.3. The van der Waals surface area contributed by atoms with E-state index in [0.29, 0.717) is 36.0 Å². The van der Waals surface area contributed by atoms with Crippen LogP contribution in [0.1, 0.15) is 22.8 Å². The SMILES string of the molecule is CC(=O)c1cccc(NC(=O)COC(=O)/C=C/c2ccc3c(c2)OCCO3)c1. The Morgan fingerprint density at radius 1 is 1.07 bits per heavy atom. The van der Waals surface area contributed by atoms with Crippen LogP contribution in [-0.2, 0) is 14.3 Å². The molecule has 0 unspecified atom stereocenters. The molecule has 0 saturated carbocycles. The van der Waals surface area contributed by atoms with Crippen LogP contribution in [-0.4, -0.2) is 37.5 Å². The largest absolute Gasteiger partial charge is 0.486 e. The van der Waals surface area contributed by atoms with Crippen molar-refractivity contribution in [1.82, 2.24) is 0 Å². The molecular weight excluding hydrogens is 362 g/mol. The third kappa shape index (κ3) is 5.20. The molecule has 7 nitrogen and oxygen atoms in total. The predicted molar refractivity (Wildman–Crippen MR) is 103 cm³/mol. The van der Waals surface area contributed by atoms with Crippen molar-refractivity contribution >= 4 is 29.4 Å². The molecule has 7 heteroatoms. The van der Waals surface area contributed by atoms with Crippen molar-refractivity contribution < 1.29 is 28.6 Å². The second kappa shape index (κ2) is 8.85. The van der Waals surface area contributed by atoms with Crippen molar-refractivity contribution in [3.8, 4) is 11.5 Å². The van der Waals surface area contributed by atoms with Crippen LogP contribution in [0.15, 0.2) is 48.5 Å². The summed E-state index contributed by atoms with van der Waals surface area (Å²) in [6.07, 6.45) is 2.80. The van der Waals surface area contributed by atoms with Crippen molar-refractivity contribution in [3.63, 3.8) is 0 Å². The molecule has 0 saturated heterocycles. The number of hydrogen-bond donors (Lipinski definition) is 1. The lowest BCUT2D eigenvalue weighted by atomic mass is 10.1. The smallest absolute Gasteiger partial charge is 0.331 e. The van der Waals surface area contributed by atoms with E-state index < -0.39 is 18.5 Å². The van der Waals surface area contributed by atoms with Gasteiger partial charge in [0.1, 0.15) is 13.2 Å². The number of ketones is 1. The molecule has 0 fully saturated rings. The van der Waals surface area contributed by atoms with Crippen molar-refractivity contribution in [3.05, 3.63) is 59.7 Å². The summed E-state index contributed by atoms with van der Waals surface area (Å²) in [5.41, 5.74) is 1.68. The Morgan fingerprint density at radius 2 is 1.86 bits per heavy atom. The summed E-state index contributed by atoms with van der Waals surface area (Å²) >= 11 is 0. The molecule has 0 spiro atoms. The van der Waals surface area contributed by atoms with Crippen LogP contribution in [0.25, 0.3) is 6.08 Å². The minimum Gasteiger partial charge on any atom is -0.486 e. The summed E-state index contributed by atoms with van der Waals surface area (Å²) in [7, 11) is 0. The van der Waals surface area contributed by atoms with E-state index in [4.69, 9.17) is 14.2 Å². The first kappa shape index (κ1) is 19.2. The molecule has 1 heterocycles. The van der Waals surface area contributed by atoms with Gasteiger partial charge in [0, 0.05) is 17.3 Å². The Labute approximate surface area is 161 Å². The van der Waals surface area contributed by atoms with Gasteiger partial charge in [0.05, 0.1) is 0 Å². The maximum Gasteiger partial charge on any atom is 0.331 e. The predicted octanol–water partition coefficient (Wildman–Crippen LogP) is 2.86. The van der Waals surface area contributed by atoms with Crippen LogP contribution in [0.2, 0.25) is 0 Å². The number of amides is 1. The second-order valence-electron chi connectivity index (χ2n) is 6.03. The van der Waals surface area contributed by atoms with Crippen LogP contribution in [0.3, 0.4) is 0 Å². The molecule has 0 atom stereocenters. The molecule has 0 bridgehead atoms. The number of Topliss-reactive ketones (excluding diaryl/α,β-unsaturated/α-hetero) is 1. The molecule has 0 aliphatic carbocycles. The first-order valence-corrected chi connectivity index (χ1v) is 8.66. The van der Waals surface area contributed by atoms with Gasteiger partial charge >= 0.3 is 5.97 Å². The first-order chi connectivity index (χ1) is 13.5. The maximum absolute atomic E-state index is 11.9. The van der Waals surface area contributed by atoms with Crippen molar-refractivity contribution in [2.24, 2.45) is 0 Å². The summed E-state index contributed by atoms with van der Waals surface area (Å²) in [5, 5.41) is 2.58. The van der Waals surface area contributed by atoms with Gasteiger partial charge < -0.3 is 19.5 Å². The quantitative estimate of drug-likeness (QED) is 0.470. The first-order valence-electron chi connectivity index (χ1n) is 8.66. The van der Waals surface area contributed by atoms with E-state index in [2.05, 4.69) is 5.32 Å². The molecular formula is C21H19NO6. The van der Waals surface area contributed by atoms with Gasteiger partial charge in [0.2, 0.25) is 0 Å². The van der Waals surface area contributed by atoms with E-state index >= 15 is 0 Å². The molecule has 0 aromatic heterocycles. The van der Waals surface area contributed by atoms with E-state index in [9.17, 15) is 14.4 Å². The Morgan fingerprint density at radius 3 is 2.64 bits per heavy atom. The molecule has 28 heavy (non-hydrogen) atoms. The average molecular weight is 381 g/mol. The fourth-order valence-electron chi connectivity index (χ4n) is 2.53. The number of carbonyl (C=O) groups excluding carboxylic acids is 3. The minimum atomic E-state index is -0.650. The van der Waals surface area contributed by atoms with Gasteiger partial charge in [-0.25, -0.2) is 4.79 Å². The molecule has 144 valence electrons. The van der Waals surface area contributed by atoms with E-state index in [1.165, 1.54) is 13.0 Å². The molecule has 1 aliphatic heterocycles. The number of fused-ring (bicyclic) bond motifs is 1. The number of carbonyl (C=O) groups is 3. The van der Waals surface area contributed by atoms with Gasteiger partial charge in [-0.2, -0.15) is 0 Å². The van der Waals surface area contributed by atoms with Crippen LogP contribution in [0.4, 0.5) is 5.69 Å². The van der Waals surface area contributed by atoms with Gasteiger partial charge in [-0.3, -0.25) is 9.59 Å². The average Bonchev–Trinajstić information content (AvgIpc) is 2.70. The number of rotatable bonds is 6. The number of anilines is 1. The topological polar surface area (TPSA) is 90.9 Å². The number of ether oxygens (including phenoxy) is 3. The summed E-state index contributed by atoms with van der Waals surface area (Å²) in [6.45, 7) is 1.99. The Kier molecular flexibility index (Phi) is 6.06. The van der Waals surface area contributed by atoms with Gasteiger partial charge in [-0.15, -0.1) is 0 Å². The molecule has 2 aromatic rings. The number of benzene rings is 2. The fourth-order valence-corrected chi connectivity index (χ4v) is 2.53. The highest BCUT2D eigenvalue weighted by atomic mass is 16.6. The summed E-state index contributed by atoms with van der Waals surface area (Å²) in [5.74, 6) is 0.0292. The van der Waals surface area contributed by atoms with Crippen molar-refractivity contribution in [2.75, 3.05) is 25.1 Å². The number of esters is 1. The molecule has 0 radical (unpaired) electrons. The third-order valence-corrected chi connectivity index (χ3v) is 3.88. The lowest BCUT2D eigenvalue weighted by Gasteiger charge is -2.18. The van der Waals surface area contributed by atoms with Crippen molar-refractivity contribution in [1.29, 1.82) is 0 Å². The summed E-state index contributed by atoms with van der Waals surface area (Å²) < 4.78 is 15.8. The second-order valence-corrected chi connectivity index (χ2v) is 6.03. The van der Waals surface area contributed by atoms with Gasteiger partial charge in [-0.05, 0) is 42.8 Å². The number of hydrogen-bond acceptors (Lipinski definition) is 6. The van der Waals surface area contributed by atoms with E-state index in [1.54, 1.807) is 48.5 Å². The maximum atomic E-state index is 11.9. The highest BCUT2D eigenvalue weighted by Gasteiger charge is 2.11. The third-order valence-electron chi connectivity index (χ3n) is 3.88. The monoisotopic (exact) mass is 381 g/mol. The van der Waals surface area contributed by atoms with E-state index in [-0.39, 0.29) is 5.78 Å². The summed E-state index contributed by atoms with van der Waals surface area (Å²) in [4.78, 5) is 35.1. The molecule has 1 amide bonds. The minimum absolute atomic E-state index is 0.105. The molecule has 1 aliphatic rings. The Balaban J connectivity index is 1.50. The zero-order valence-corrected chi connectivity index (χ0v) is 15.3. The highest BCUT2D eigenvalue weighted by molar-refractivity contribution is 5.98. The normalized spacial score (nSPS) is 12.5. The molecule has 3 rings (SSSR count). The summed E-state index contributed by atoms with van der Waals surface area (Å²) in [6, 6.07) is 11.8. The van der Waals surface area contributed by atoms with Crippen LogP contribution in [0.5, 0.6) is 11.5 Å². The Hall–Kier alpha value is -3.61. The standard InChI is InChI=1S/C21H19NO6/c1-14(23)16-3-2-4-17(12-16)22-20(24)13-28-21(25)8-6-15-5-7-18-19(11-15)27-10-9-26-18/h2-8,11-12H,9-10,13H2,1H3,(H,22,24)/b8-6+. The highest BCUT2D eigenvalue weighted by Crippen LogP contribution is 2.31.